The molecule has 39 heavy (non-hydrogen) atoms. The number of unbranched alkanes of at least 4 members (excludes halogenated alkanes) is 2. The number of rotatable bonds is 12. The maximum Gasteiger partial charge on any atom is 0.317 e. The highest BCUT2D eigenvalue weighted by atomic mass is 16.5. The van der Waals surface area contributed by atoms with Crippen molar-refractivity contribution in [3.63, 3.8) is 0 Å². The number of para-hydroxylation sites is 2. The number of ether oxygens (including phenoxy) is 1. The molecule has 7 nitrogen and oxygen atoms in total. The van der Waals surface area contributed by atoms with Gasteiger partial charge in [0.05, 0.1) is 11.0 Å². The van der Waals surface area contributed by atoms with E-state index in [-0.39, 0.29) is 6.42 Å². The first-order valence-electron chi connectivity index (χ1n) is 13.1. The van der Waals surface area contributed by atoms with E-state index >= 15 is 0 Å². The summed E-state index contributed by atoms with van der Waals surface area (Å²) in [4.78, 5) is 27.2. The molecule has 0 unspecified atom stereocenters. The molecule has 198 valence electrons. The third-order valence-corrected chi connectivity index (χ3v) is 6.94. The number of carboxylic acids is 2. The molecule has 0 aliphatic rings. The lowest BCUT2D eigenvalue weighted by atomic mass is 10.0. The summed E-state index contributed by atoms with van der Waals surface area (Å²) in [5.74, 6) is -2.22. The van der Waals surface area contributed by atoms with E-state index in [1.54, 1.807) is 0 Å². The lowest BCUT2D eigenvalue weighted by molar-refractivity contribution is -0.154. The Bertz CT molecular complexity index is 1600. The highest BCUT2D eigenvalue weighted by Crippen LogP contribution is 2.30. The number of aryl methyl sites for hydroxylation is 1. The van der Waals surface area contributed by atoms with Crippen molar-refractivity contribution < 1.29 is 24.5 Å². The average Bonchev–Trinajstić information content (AvgIpc) is 3.32. The molecule has 0 amide bonds. The van der Waals surface area contributed by atoms with E-state index in [9.17, 15) is 9.59 Å². The number of hydrogen-bond acceptors (Lipinski definition) is 4. The SMILES string of the molecule is O=C(O)C(CCCCCn1c(-c2ccc3cc(OCc4ccccc4)ccc3c2)nc2ccccc21)C(=O)O. The highest BCUT2D eigenvalue weighted by Gasteiger charge is 2.24. The van der Waals surface area contributed by atoms with Gasteiger partial charge >= 0.3 is 11.9 Å². The van der Waals surface area contributed by atoms with Crippen LogP contribution in [0.1, 0.15) is 31.2 Å². The van der Waals surface area contributed by atoms with Gasteiger partial charge in [-0.2, -0.15) is 0 Å². The Morgan fingerprint density at radius 3 is 2.31 bits per heavy atom. The van der Waals surface area contributed by atoms with Gasteiger partial charge in [0.15, 0.2) is 5.92 Å². The molecular formula is C32H30N2O5. The summed E-state index contributed by atoms with van der Waals surface area (Å²) in [5, 5.41) is 20.4. The molecule has 0 saturated heterocycles. The number of nitrogens with zero attached hydrogens (tertiary/aromatic N) is 2. The fourth-order valence-electron chi connectivity index (χ4n) is 4.86. The number of imidazole rings is 1. The van der Waals surface area contributed by atoms with Crippen LogP contribution >= 0.6 is 0 Å². The Hall–Kier alpha value is -4.65. The molecule has 0 aliphatic carbocycles. The first kappa shape index (κ1) is 26.0. The molecule has 4 aromatic carbocycles. The molecule has 2 N–H and O–H groups in total. The molecule has 0 spiro atoms. The summed E-state index contributed by atoms with van der Waals surface area (Å²) >= 11 is 0. The third kappa shape index (κ3) is 6.09. The molecule has 5 rings (SSSR count). The lowest BCUT2D eigenvalue weighted by Gasteiger charge is -2.12. The van der Waals surface area contributed by atoms with Crippen molar-refractivity contribution in [2.45, 2.75) is 38.8 Å². The minimum Gasteiger partial charge on any atom is -0.489 e. The summed E-state index contributed by atoms with van der Waals surface area (Å²) in [7, 11) is 0. The van der Waals surface area contributed by atoms with Crippen molar-refractivity contribution >= 4 is 33.7 Å². The lowest BCUT2D eigenvalue weighted by Crippen LogP contribution is -2.23. The van der Waals surface area contributed by atoms with Crippen molar-refractivity contribution in [2.75, 3.05) is 0 Å². The van der Waals surface area contributed by atoms with Crippen LogP contribution in [0.25, 0.3) is 33.2 Å². The van der Waals surface area contributed by atoms with Gasteiger partial charge in [-0.05, 0) is 59.5 Å². The molecule has 1 heterocycles. The second-order valence-electron chi connectivity index (χ2n) is 9.65. The van der Waals surface area contributed by atoms with Gasteiger partial charge in [0.25, 0.3) is 0 Å². The Morgan fingerprint density at radius 2 is 1.51 bits per heavy atom. The molecule has 0 fully saturated rings. The smallest absolute Gasteiger partial charge is 0.317 e. The molecule has 0 atom stereocenters. The second-order valence-corrected chi connectivity index (χ2v) is 9.65. The van der Waals surface area contributed by atoms with Crippen LogP contribution < -0.4 is 4.74 Å². The molecule has 0 radical (unpaired) electrons. The normalized spacial score (nSPS) is 11.3. The zero-order valence-electron chi connectivity index (χ0n) is 21.5. The van der Waals surface area contributed by atoms with Crippen molar-refractivity contribution in [3.05, 3.63) is 96.6 Å². The van der Waals surface area contributed by atoms with Crippen LogP contribution in [0, 0.1) is 5.92 Å². The molecule has 0 aliphatic heterocycles. The predicted molar refractivity (Wildman–Crippen MR) is 151 cm³/mol. The topological polar surface area (TPSA) is 102 Å². The van der Waals surface area contributed by atoms with E-state index in [1.807, 2.05) is 66.7 Å². The average molecular weight is 523 g/mol. The van der Waals surface area contributed by atoms with Gasteiger partial charge in [0.2, 0.25) is 0 Å². The van der Waals surface area contributed by atoms with E-state index < -0.39 is 17.9 Å². The summed E-state index contributed by atoms with van der Waals surface area (Å²) < 4.78 is 8.19. The number of aliphatic carboxylic acids is 2. The predicted octanol–water partition coefficient (Wildman–Crippen LogP) is 6.78. The van der Waals surface area contributed by atoms with Gasteiger partial charge in [-0.15, -0.1) is 0 Å². The number of aromatic nitrogens is 2. The van der Waals surface area contributed by atoms with Crippen molar-refractivity contribution in [3.8, 4) is 17.1 Å². The monoisotopic (exact) mass is 522 g/mol. The van der Waals surface area contributed by atoms with E-state index in [4.69, 9.17) is 19.9 Å². The van der Waals surface area contributed by atoms with Crippen LogP contribution in [0.4, 0.5) is 0 Å². The van der Waals surface area contributed by atoms with Crippen LogP contribution in [-0.4, -0.2) is 31.7 Å². The molecule has 5 aromatic rings. The van der Waals surface area contributed by atoms with E-state index in [0.29, 0.717) is 19.6 Å². The Labute approximate surface area is 226 Å². The van der Waals surface area contributed by atoms with Gasteiger partial charge in [0, 0.05) is 12.1 Å². The first-order valence-corrected chi connectivity index (χ1v) is 13.1. The highest BCUT2D eigenvalue weighted by molar-refractivity contribution is 5.92. The van der Waals surface area contributed by atoms with Crippen molar-refractivity contribution in [1.82, 2.24) is 9.55 Å². The van der Waals surface area contributed by atoms with Gasteiger partial charge in [-0.1, -0.05) is 73.5 Å². The third-order valence-electron chi connectivity index (χ3n) is 6.94. The van der Waals surface area contributed by atoms with Gasteiger partial charge in [-0.25, -0.2) is 4.98 Å². The molecular weight excluding hydrogens is 492 g/mol. The fourth-order valence-corrected chi connectivity index (χ4v) is 4.86. The van der Waals surface area contributed by atoms with Crippen LogP contribution in [0.3, 0.4) is 0 Å². The second kappa shape index (κ2) is 11.8. The summed E-state index contributed by atoms with van der Waals surface area (Å²) in [6.45, 7) is 1.21. The number of fused-ring (bicyclic) bond motifs is 2. The maximum atomic E-state index is 11.1. The van der Waals surface area contributed by atoms with Crippen LogP contribution in [0.2, 0.25) is 0 Å². The summed E-state index contributed by atoms with van der Waals surface area (Å²) in [5.41, 5.74) is 4.07. The molecule has 0 bridgehead atoms. The Balaban J connectivity index is 1.32. The minimum atomic E-state index is -1.35. The van der Waals surface area contributed by atoms with Crippen LogP contribution in [0.15, 0.2) is 91.0 Å². The molecule has 0 saturated carbocycles. The quantitative estimate of drug-likeness (QED) is 0.138. The molecule has 7 heteroatoms. The van der Waals surface area contributed by atoms with Crippen LogP contribution in [0.5, 0.6) is 5.75 Å². The summed E-state index contributed by atoms with van der Waals surface area (Å²) in [6.07, 6.45) is 2.18. The number of benzene rings is 4. The van der Waals surface area contributed by atoms with Crippen molar-refractivity contribution in [1.29, 1.82) is 0 Å². The maximum absolute atomic E-state index is 11.1. The van der Waals surface area contributed by atoms with E-state index in [2.05, 4.69) is 28.8 Å². The van der Waals surface area contributed by atoms with E-state index in [1.165, 1.54) is 0 Å². The Morgan fingerprint density at radius 1 is 0.795 bits per heavy atom. The fraction of sp³-hybridized carbons (Fsp3) is 0.219. The van der Waals surface area contributed by atoms with E-state index in [0.717, 1.165) is 57.3 Å². The number of carbonyl (C=O) groups is 2. The molecule has 1 aromatic heterocycles. The Kier molecular flexibility index (Phi) is 7.87. The zero-order valence-corrected chi connectivity index (χ0v) is 21.5. The zero-order chi connectivity index (χ0) is 27.2. The van der Waals surface area contributed by atoms with Gasteiger partial charge in [-0.3, -0.25) is 9.59 Å². The number of carboxylic acid groups (broad SMARTS) is 2. The standard InChI is InChI=1S/C32H30N2O5/c35-31(36)27(32(37)38)11-5-2-8-18-34-29-13-7-6-12-28(29)33-30(34)25-15-14-24-20-26(17-16-23(24)19-25)39-21-22-9-3-1-4-10-22/h1,3-4,6-7,9-10,12-17,19-20,27H,2,5,8,11,18,21H2,(H,35,36)(H,37,38). The van der Waals surface area contributed by atoms with Gasteiger partial charge < -0.3 is 19.5 Å². The van der Waals surface area contributed by atoms with Crippen LogP contribution in [-0.2, 0) is 22.7 Å². The van der Waals surface area contributed by atoms with Gasteiger partial charge in [0.1, 0.15) is 18.2 Å². The minimum absolute atomic E-state index is 0.129. The first-order chi connectivity index (χ1) is 19.0. The van der Waals surface area contributed by atoms with Crippen molar-refractivity contribution in [2.24, 2.45) is 5.92 Å². The number of hydrogen-bond donors (Lipinski definition) is 2. The summed E-state index contributed by atoms with van der Waals surface area (Å²) in [6, 6.07) is 30.5. The largest absolute Gasteiger partial charge is 0.489 e.